The molecule has 2 N–H and O–H groups in total. The second-order valence-electron chi connectivity index (χ2n) is 3.76. The lowest BCUT2D eigenvalue weighted by Gasteiger charge is -2.04. The van der Waals surface area contributed by atoms with Crippen molar-refractivity contribution in [3.05, 3.63) is 5.01 Å². The average molecular weight is 197 g/mol. The number of aromatic nitrogens is 2. The van der Waals surface area contributed by atoms with Crippen molar-refractivity contribution < 1.29 is 0 Å². The molecule has 2 rings (SSSR count). The minimum Gasteiger partial charge on any atom is -0.374 e. The molecule has 4 heteroatoms. The molecule has 0 aliphatic heterocycles. The van der Waals surface area contributed by atoms with Crippen LogP contribution in [0.2, 0.25) is 0 Å². The molecule has 1 aromatic rings. The fourth-order valence-electron chi connectivity index (χ4n) is 2.08. The number of anilines is 1. The Balaban J connectivity index is 2.03. The summed E-state index contributed by atoms with van der Waals surface area (Å²) in [6, 6.07) is 0. The molecule has 1 aromatic heterocycles. The van der Waals surface area contributed by atoms with Gasteiger partial charge in [-0.2, -0.15) is 0 Å². The molecule has 0 radical (unpaired) electrons. The maximum atomic E-state index is 5.56. The Morgan fingerprint density at radius 3 is 2.85 bits per heavy atom. The van der Waals surface area contributed by atoms with E-state index in [1.165, 1.54) is 25.7 Å². The molecule has 1 aliphatic carbocycles. The summed E-state index contributed by atoms with van der Waals surface area (Å²) in [5.41, 5.74) is 5.56. The average Bonchev–Trinajstić information content (AvgIpc) is 2.71. The second kappa shape index (κ2) is 3.62. The molecule has 0 saturated heterocycles. The van der Waals surface area contributed by atoms with E-state index in [2.05, 4.69) is 17.1 Å². The maximum absolute atomic E-state index is 5.56. The van der Waals surface area contributed by atoms with Gasteiger partial charge in [0, 0.05) is 5.92 Å². The van der Waals surface area contributed by atoms with Gasteiger partial charge in [-0.15, -0.1) is 10.2 Å². The number of nitrogens with two attached hydrogens (primary N) is 1. The molecule has 0 spiro atoms. The molecule has 0 aromatic carbocycles. The van der Waals surface area contributed by atoms with Gasteiger partial charge in [0.25, 0.3) is 0 Å². The first-order chi connectivity index (χ1) is 6.29. The zero-order valence-electron chi connectivity index (χ0n) is 7.86. The highest BCUT2D eigenvalue weighted by Crippen LogP contribution is 2.40. The van der Waals surface area contributed by atoms with Crippen molar-refractivity contribution in [2.45, 2.75) is 38.5 Å². The lowest BCUT2D eigenvalue weighted by Crippen LogP contribution is -1.94. The van der Waals surface area contributed by atoms with E-state index in [-0.39, 0.29) is 0 Å². The van der Waals surface area contributed by atoms with E-state index in [0.717, 1.165) is 10.9 Å². The molecule has 1 saturated carbocycles. The van der Waals surface area contributed by atoms with Gasteiger partial charge in [-0.05, 0) is 25.2 Å². The number of rotatable bonds is 2. The highest BCUT2D eigenvalue weighted by Gasteiger charge is 2.26. The molecule has 3 nitrogen and oxygen atoms in total. The normalized spacial score (nSPS) is 28.1. The van der Waals surface area contributed by atoms with Gasteiger partial charge in [0.15, 0.2) is 0 Å². The van der Waals surface area contributed by atoms with Crippen LogP contribution >= 0.6 is 11.3 Å². The van der Waals surface area contributed by atoms with Gasteiger partial charge < -0.3 is 5.73 Å². The summed E-state index contributed by atoms with van der Waals surface area (Å²) in [4.78, 5) is 0. The molecule has 1 heterocycles. The number of nitrogens with zero attached hydrogens (tertiary/aromatic N) is 2. The highest BCUT2D eigenvalue weighted by atomic mass is 32.1. The van der Waals surface area contributed by atoms with Crippen molar-refractivity contribution in [1.29, 1.82) is 0 Å². The smallest absolute Gasteiger partial charge is 0.203 e. The molecule has 1 fully saturated rings. The topological polar surface area (TPSA) is 51.8 Å². The third kappa shape index (κ3) is 1.82. The van der Waals surface area contributed by atoms with Crippen LogP contribution in [0.3, 0.4) is 0 Å². The lowest BCUT2D eigenvalue weighted by molar-refractivity contribution is 0.520. The third-order valence-corrected chi connectivity index (χ3v) is 3.84. The van der Waals surface area contributed by atoms with Gasteiger partial charge >= 0.3 is 0 Å². The largest absolute Gasteiger partial charge is 0.374 e. The Kier molecular flexibility index (Phi) is 2.49. The van der Waals surface area contributed by atoms with Crippen LogP contribution in [0.25, 0.3) is 0 Å². The predicted octanol–water partition coefficient (Wildman–Crippen LogP) is 2.41. The molecule has 0 bridgehead atoms. The standard InChI is InChI=1S/C9H15N3S/c1-2-6-3-4-7(5-6)8-11-12-9(10)13-8/h6-7H,2-5H2,1H3,(H2,10,12). The van der Waals surface area contributed by atoms with E-state index >= 15 is 0 Å². The monoisotopic (exact) mass is 197 g/mol. The van der Waals surface area contributed by atoms with Crippen LogP contribution in [0, 0.1) is 5.92 Å². The summed E-state index contributed by atoms with van der Waals surface area (Å²) in [5.74, 6) is 1.54. The first-order valence-corrected chi connectivity index (χ1v) is 5.70. The summed E-state index contributed by atoms with van der Waals surface area (Å²) in [7, 11) is 0. The Hall–Kier alpha value is -0.640. The Labute approximate surface area is 82.4 Å². The van der Waals surface area contributed by atoms with Crippen molar-refractivity contribution in [2.24, 2.45) is 5.92 Å². The first kappa shape index (κ1) is 8.94. The van der Waals surface area contributed by atoms with E-state index in [1.54, 1.807) is 11.3 Å². The van der Waals surface area contributed by atoms with Crippen LogP contribution in [0.5, 0.6) is 0 Å². The van der Waals surface area contributed by atoms with E-state index < -0.39 is 0 Å². The number of hydrogen-bond donors (Lipinski definition) is 1. The Bertz CT molecular complexity index is 284. The van der Waals surface area contributed by atoms with Crippen molar-refractivity contribution in [2.75, 3.05) is 5.73 Å². The van der Waals surface area contributed by atoms with E-state index in [9.17, 15) is 0 Å². The lowest BCUT2D eigenvalue weighted by atomic mass is 10.0. The summed E-state index contributed by atoms with van der Waals surface area (Å²) in [6.45, 7) is 2.27. The molecule has 13 heavy (non-hydrogen) atoms. The molecule has 1 aliphatic rings. The molecule has 0 amide bonds. The van der Waals surface area contributed by atoms with Crippen LogP contribution in [-0.4, -0.2) is 10.2 Å². The highest BCUT2D eigenvalue weighted by molar-refractivity contribution is 7.15. The summed E-state index contributed by atoms with van der Waals surface area (Å²) in [6.07, 6.45) is 5.20. The molecule has 72 valence electrons. The molecular formula is C9H15N3S. The summed E-state index contributed by atoms with van der Waals surface area (Å²) >= 11 is 1.55. The van der Waals surface area contributed by atoms with E-state index in [4.69, 9.17) is 5.73 Å². The van der Waals surface area contributed by atoms with Gasteiger partial charge in [0.05, 0.1) is 0 Å². The van der Waals surface area contributed by atoms with Crippen LogP contribution in [0.1, 0.15) is 43.5 Å². The fraction of sp³-hybridized carbons (Fsp3) is 0.778. The van der Waals surface area contributed by atoms with Crippen LogP contribution in [-0.2, 0) is 0 Å². The Morgan fingerprint density at radius 2 is 2.31 bits per heavy atom. The zero-order chi connectivity index (χ0) is 9.26. The number of hydrogen-bond acceptors (Lipinski definition) is 4. The van der Waals surface area contributed by atoms with Crippen LogP contribution in [0.4, 0.5) is 5.13 Å². The van der Waals surface area contributed by atoms with E-state index in [1.807, 2.05) is 0 Å². The molecular weight excluding hydrogens is 182 g/mol. The summed E-state index contributed by atoms with van der Waals surface area (Å²) < 4.78 is 0. The minimum atomic E-state index is 0.606. The fourth-order valence-corrected chi connectivity index (χ4v) is 2.84. The van der Waals surface area contributed by atoms with Crippen molar-refractivity contribution in [3.8, 4) is 0 Å². The van der Waals surface area contributed by atoms with Gasteiger partial charge in [-0.25, -0.2) is 0 Å². The van der Waals surface area contributed by atoms with Crippen molar-refractivity contribution >= 4 is 16.5 Å². The van der Waals surface area contributed by atoms with Gasteiger partial charge in [0.1, 0.15) is 5.01 Å². The van der Waals surface area contributed by atoms with Crippen molar-refractivity contribution in [3.63, 3.8) is 0 Å². The Morgan fingerprint density at radius 1 is 1.46 bits per heavy atom. The SMILES string of the molecule is CCC1CCC(c2nnc(N)s2)C1. The molecule has 2 atom stereocenters. The van der Waals surface area contributed by atoms with Crippen LogP contribution in [0.15, 0.2) is 0 Å². The van der Waals surface area contributed by atoms with Crippen LogP contribution < -0.4 is 5.73 Å². The maximum Gasteiger partial charge on any atom is 0.203 e. The zero-order valence-corrected chi connectivity index (χ0v) is 8.68. The van der Waals surface area contributed by atoms with Gasteiger partial charge in [-0.3, -0.25) is 0 Å². The first-order valence-electron chi connectivity index (χ1n) is 4.88. The molecule has 2 unspecified atom stereocenters. The number of nitrogen functional groups attached to an aromatic ring is 1. The predicted molar refractivity (Wildman–Crippen MR) is 54.7 cm³/mol. The quantitative estimate of drug-likeness (QED) is 0.792. The van der Waals surface area contributed by atoms with Gasteiger partial charge in [-0.1, -0.05) is 24.7 Å². The third-order valence-electron chi connectivity index (χ3n) is 2.92. The van der Waals surface area contributed by atoms with Crippen molar-refractivity contribution in [1.82, 2.24) is 10.2 Å². The second-order valence-corrected chi connectivity index (χ2v) is 4.80. The van der Waals surface area contributed by atoms with Gasteiger partial charge in [0.2, 0.25) is 5.13 Å². The summed E-state index contributed by atoms with van der Waals surface area (Å²) in [5, 5.41) is 9.72. The van der Waals surface area contributed by atoms with E-state index in [0.29, 0.717) is 11.0 Å². The minimum absolute atomic E-state index is 0.606.